The molecule has 64 heavy (non-hydrogen) atoms. The van der Waals surface area contributed by atoms with E-state index in [-0.39, 0.29) is 11.5 Å². The molecule has 11 aromatic rings. The Kier molecular flexibility index (Phi) is 9.51. The van der Waals surface area contributed by atoms with Crippen LogP contribution in [-0.4, -0.2) is 24.3 Å². The maximum atomic E-state index is 12.5. The summed E-state index contributed by atoms with van der Waals surface area (Å²) in [6.45, 7) is 4.16. The highest BCUT2D eigenvalue weighted by Gasteiger charge is 2.29. The molecule has 0 radical (unpaired) electrons. The summed E-state index contributed by atoms with van der Waals surface area (Å²) >= 11 is 0. The molecule has 3 aromatic heterocycles. The number of hydrogen-bond acceptors (Lipinski definition) is 3. The van der Waals surface area contributed by atoms with Gasteiger partial charge in [-0.2, -0.15) is 0 Å². The van der Waals surface area contributed by atoms with E-state index in [9.17, 15) is 10.2 Å². The molecule has 0 atom stereocenters. The Bertz CT molecular complexity index is 3290. The van der Waals surface area contributed by atoms with E-state index in [4.69, 9.17) is 4.98 Å². The molecule has 0 aliphatic heterocycles. The predicted molar refractivity (Wildman–Crippen MR) is 263 cm³/mol. The Morgan fingerprint density at radius 1 is 0.359 bits per heavy atom. The first-order valence-corrected chi connectivity index (χ1v) is 21.6. The standard InChI is InChI=1S/C59H43N3O2/c1-38-34-46(40-20-7-3-8-21-40)58(63)48(36-38)56-54(44-28-15-17-32-52(44)61(56)42-24-11-5-12-25-42)50-30-19-31-51(60-50)55-45-29-16-18-33-53(45)62(43-26-13-6-14-27-43)57(55)49-37-39(2)35-47(59(49)64)41-22-9-4-10-23-41/h3-37,63-64H,1-2H3. The largest absolute Gasteiger partial charge is 0.507 e. The number of benzene rings is 8. The van der Waals surface area contributed by atoms with E-state index in [1.165, 1.54) is 0 Å². The summed E-state index contributed by atoms with van der Waals surface area (Å²) in [4.78, 5) is 5.68. The number of fused-ring (bicyclic) bond motifs is 2. The lowest BCUT2D eigenvalue weighted by Crippen LogP contribution is -2.00. The Hall–Kier alpha value is -8.41. The van der Waals surface area contributed by atoms with E-state index >= 15 is 0 Å². The minimum atomic E-state index is 0.201. The van der Waals surface area contributed by atoms with Gasteiger partial charge in [-0.15, -0.1) is 0 Å². The number of pyridine rings is 1. The number of aryl methyl sites for hydroxylation is 2. The van der Waals surface area contributed by atoms with Crippen molar-refractivity contribution in [1.82, 2.24) is 14.1 Å². The van der Waals surface area contributed by atoms with E-state index in [1.54, 1.807) is 0 Å². The summed E-state index contributed by atoms with van der Waals surface area (Å²) in [6, 6.07) is 72.1. The summed E-state index contributed by atoms with van der Waals surface area (Å²) in [5.41, 5.74) is 15.8. The van der Waals surface area contributed by atoms with Crippen LogP contribution in [0.2, 0.25) is 0 Å². The first-order valence-electron chi connectivity index (χ1n) is 21.6. The number of phenolic OH excluding ortho intramolecular Hbond substituents is 2. The van der Waals surface area contributed by atoms with Crippen LogP contribution in [0, 0.1) is 13.8 Å². The molecule has 0 amide bonds. The van der Waals surface area contributed by atoms with Crippen molar-refractivity contribution < 1.29 is 10.2 Å². The zero-order valence-corrected chi connectivity index (χ0v) is 35.4. The fraction of sp³-hybridized carbons (Fsp3) is 0.0339. The van der Waals surface area contributed by atoms with Crippen molar-refractivity contribution in [2.75, 3.05) is 0 Å². The van der Waals surface area contributed by atoms with Crippen molar-refractivity contribution in [2.45, 2.75) is 13.8 Å². The Morgan fingerprint density at radius 2 is 0.703 bits per heavy atom. The van der Waals surface area contributed by atoms with Crippen LogP contribution in [0.4, 0.5) is 0 Å². The summed E-state index contributed by atoms with van der Waals surface area (Å²) in [5, 5.41) is 27.0. The van der Waals surface area contributed by atoms with E-state index < -0.39 is 0 Å². The first-order chi connectivity index (χ1) is 31.4. The monoisotopic (exact) mass is 825 g/mol. The van der Waals surface area contributed by atoms with Gasteiger partial charge in [-0.05, 0) is 109 Å². The molecule has 3 heterocycles. The summed E-state index contributed by atoms with van der Waals surface area (Å²) in [6.07, 6.45) is 0. The quantitative estimate of drug-likeness (QED) is 0.160. The van der Waals surface area contributed by atoms with Crippen molar-refractivity contribution in [3.8, 4) is 90.2 Å². The molecule has 0 fully saturated rings. The number of phenols is 2. The molecule has 0 bridgehead atoms. The second kappa shape index (κ2) is 15.8. The maximum Gasteiger partial charge on any atom is 0.132 e. The SMILES string of the molecule is Cc1cc(-c2ccccc2)c(O)c(-c2c(-c3cccc(-c4c(-c5cc(C)cc(-c6ccccc6)c5O)n(-c5ccccc5)c5ccccc45)n3)c3ccccc3n2-c2ccccc2)c1. The fourth-order valence-electron chi connectivity index (χ4n) is 9.51. The zero-order valence-electron chi connectivity index (χ0n) is 35.4. The topological polar surface area (TPSA) is 63.2 Å². The summed E-state index contributed by atoms with van der Waals surface area (Å²) in [7, 11) is 0. The third-order valence-electron chi connectivity index (χ3n) is 12.2. The lowest BCUT2D eigenvalue weighted by Gasteiger charge is -2.18. The average molecular weight is 826 g/mol. The van der Waals surface area contributed by atoms with E-state index in [1.807, 2.05) is 97.1 Å². The van der Waals surface area contributed by atoms with Crippen molar-refractivity contribution >= 4 is 21.8 Å². The second-order valence-corrected chi connectivity index (χ2v) is 16.4. The molecule has 0 aliphatic rings. The molecule has 306 valence electrons. The van der Waals surface area contributed by atoms with Crippen LogP contribution in [0.5, 0.6) is 11.5 Å². The lowest BCUT2D eigenvalue weighted by atomic mass is 9.93. The van der Waals surface area contributed by atoms with Crippen LogP contribution < -0.4 is 0 Å². The molecule has 0 unspecified atom stereocenters. The van der Waals surface area contributed by atoms with Gasteiger partial charge in [0.1, 0.15) is 11.5 Å². The fourth-order valence-corrected chi connectivity index (χ4v) is 9.51. The zero-order chi connectivity index (χ0) is 43.3. The van der Waals surface area contributed by atoms with Crippen LogP contribution in [0.3, 0.4) is 0 Å². The van der Waals surface area contributed by atoms with Gasteiger partial charge in [-0.25, -0.2) is 4.98 Å². The normalized spacial score (nSPS) is 11.4. The Morgan fingerprint density at radius 3 is 1.11 bits per heavy atom. The van der Waals surface area contributed by atoms with Crippen LogP contribution in [0.25, 0.3) is 100 Å². The van der Waals surface area contributed by atoms with Crippen LogP contribution in [0.1, 0.15) is 11.1 Å². The van der Waals surface area contributed by atoms with Crippen molar-refractivity contribution in [1.29, 1.82) is 0 Å². The molecular weight excluding hydrogens is 783 g/mol. The predicted octanol–water partition coefficient (Wildman–Crippen LogP) is 15.0. The highest BCUT2D eigenvalue weighted by atomic mass is 16.3. The van der Waals surface area contributed by atoms with Gasteiger partial charge in [0, 0.05) is 55.5 Å². The molecule has 8 aromatic carbocycles. The maximum absolute atomic E-state index is 12.5. The van der Waals surface area contributed by atoms with Gasteiger partial charge in [0.05, 0.1) is 33.8 Å². The van der Waals surface area contributed by atoms with Gasteiger partial charge in [0.2, 0.25) is 0 Å². The molecular formula is C59H43N3O2. The summed E-state index contributed by atoms with van der Waals surface area (Å²) < 4.78 is 4.51. The van der Waals surface area contributed by atoms with Crippen LogP contribution in [-0.2, 0) is 0 Å². The second-order valence-electron chi connectivity index (χ2n) is 16.4. The first kappa shape index (κ1) is 38.5. The minimum absolute atomic E-state index is 0.201. The lowest BCUT2D eigenvalue weighted by molar-refractivity contribution is 0.478. The number of para-hydroxylation sites is 4. The number of aromatic hydroxyl groups is 2. The van der Waals surface area contributed by atoms with Gasteiger partial charge in [0.15, 0.2) is 0 Å². The third kappa shape index (κ3) is 6.45. The molecule has 0 saturated heterocycles. The average Bonchev–Trinajstić information content (AvgIpc) is 3.88. The number of aromatic nitrogens is 3. The molecule has 5 nitrogen and oxygen atoms in total. The number of nitrogens with zero attached hydrogens (tertiary/aromatic N) is 3. The highest BCUT2D eigenvalue weighted by molar-refractivity contribution is 6.09. The molecule has 2 N–H and O–H groups in total. The molecule has 0 aliphatic carbocycles. The van der Waals surface area contributed by atoms with Gasteiger partial charge in [0.25, 0.3) is 0 Å². The minimum Gasteiger partial charge on any atom is -0.507 e. The van der Waals surface area contributed by atoms with Gasteiger partial charge < -0.3 is 19.3 Å². The van der Waals surface area contributed by atoms with Crippen molar-refractivity contribution in [3.63, 3.8) is 0 Å². The molecule has 11 rings (SSSR count). The number of rotatable bonds is 8. The highest BCUT2D eigenvalue weighted by Crippen LogP contribution is 2.50. The molecule has 5 heteroatoms. The molecule has 0 spiro atoms. The molecule has 0 saturated carbocycles. The Labute approximate surface area is 372 Å². The van der Waals surface area contributed by atoms with Gasteiger partial charge in [-0.3, -0.25) is 0 Å². The van der Waals surface area contributed by atoms with E-state index in [0.717, 1.165) is 100 Å². The smallest absolute Gasteiger partial charge is 0.132 e. The Balaban J connectivity index is 1.23. The van der Waals surface area contributed by atoms with Gasteiger partial charge >= 0.3 is 0 Å². The van der Waals surface area contributed by atoms with E-state index in [0.29, 0.717) is 11.1 Å². The third-order valence-corrected chi connectivity index (χ3v) is 12.2. The number of hydrogen-bond donors (Lipinski definition) is 2. The van der Waals surface area contributed by atoms with Crippen LogP contribution in [0.15, 0.2) is 212 Å². The van der Waals surface area contributed by atoms with Crippen molar-refractivity contribution in [3.05, 3.63) is 223 Å². The van der Waals surface area contributed by atoms with E-state index in [2.05, 4.69) is 138 Å². The van der Waals surface area contributed by atoms with Crippen molar-refractivity contribution in [2.24, 2.45) is 0 Å². The summed E-state index contributed by atoms with van der Waals surface area (Å²) in [5.74, 6) is 0.401. The van der Waals surface area contributed by atoms with Crippen LogP contribution >= 0.6 is 0 Å². The van der Waals surface area contributed by atoms with Gasteiger partial charge in [-0.1, -0.05) is 140 Å².